The lowest BCUT2D eigenvalue weighted by molar-refractivity contribution is 0.0586. The Labute approximate surface area is 165 Å². The topological polar surface area (TPSA) is 36.9 Å². The smallest absolute Gasteiger partial charge is 0.417 e. The SMILES string of the molecule is CCCO[Si](C)(C)CCCCCC[Si](OCCC)(OCCC)OCCC. The van der Waals surface area contributed by atoms with Crippen LogP contribution < -0.4 is 0 Å². The molecule has 0 heterocycles. The van der Waals surface area contributed by atoms with Gasteiger partial charge in [-0.3, -0.25) is 0 Å². The summed E-state index contributed by atoms with van der Waals surface area (Å²) in [5, 5.41) is 0. The van der Waals surface area contributed by atoms with Crippen molar-refractivity contribution >= 4 is 17.1 Å². The summed E-state index contributed by atoms with van der Waals surface area (Å²) in [5.74, 6) is 0. The first-order valence-electron chi connectivity index (χ1n) is 11.0. The summed E-state index contributed by atoms with van der Waals surface area (Å²) >= 11 is 0. The van der Waals surface area contributed by atoms with Crippen LogP contribution in [0.5, 0.6) is 0 Å². The normalized spacial score (nSPS) is 12.7. The molecule has 0 amide bonds. The van der Waals surface area contributed by atoms with Crippen molar-refractivity contribution in [3.8, 4) is 0 Å². The van der Waals surface area contributed by atoms with Crippen molar-refractivity contribution in [2.45, 2.75) is 104 Å². The van der Waals surface area contributed by atoms with Crippen molar-refractivity contribution in [1.29, 1.82) is 0 Å². The number of unbranched alkanes of at least 4 members (excludes halogenated alkanes) is 3. The third-order valence-electron chi connectivity index (χ3n) is 4.29. The van der Waals surface area contributed by atoms with E-state index in [9.17, 15) is 0 Å². The van der Waals surface area contributed by atoms with Gasteiger partial charge in [0.1, 0.15) is 0 Å². The first kappa shape index (κ1) is 26.3. The average Bonchev–Trinajstić information content (AvgIpc) is 2.63. The quantitative estimate of drug-likeness (QED) is 0.184. The van der Waals surface area contributed by atoms with Gasteiger partial charge in [0, 0.05) is 32.5 Å². The van der Waals surface area contributed by atoms with Crippen LogP contribution in [0.15, 0.2) is 0 Å². The Balaban J connectivity index is 4.28. The second-order valence-corrected chi connectivity index (χ2v) is 14.8. The fraction of sp³-hybridized carbons (Fsp3) is 1.00. The van der Waals surface area contributed by atoms with E-state index in [1.165, 1.54) is 25.3 Å². The van der Waals surface area contributed by atoms with Crippen LogP contribution in [0, 0.1) is 0 Å². The maximum absolute atomic E-state index is 6.17. The highest BCUT2D eigenvalue weighted by atomic mass is 28.4. The maximum Gasteiger partial charge on any atom is 0.500 e. The minimum absolute atomic E-state index is 0.744. The van der Waals surface area contributed by atoms with Crippen molar-refractivity contribution in [2.75, 3.05) is 26.4 Å². The molecule has 0 unspecified atom stereocenters. The lowest BCUT2D eigenvalue weighted by Crippen LogP contribution is -2.46. The molecule has 0 aliphatic rings. The van der Waals surface area contributed by atoms with Crippen LogP contribution in [0.3, 0.4) is 0 Å². The third-order valence-corrected chi connectivity index (χ3v) is 9.73. The summed E-state index contributed by atoms with van der Waals surface area (Å²) in [6.45, 7) is 16.5. The highest BCUT2D eigenvalue weighted by molar-refractivity contribution is 6.71. The lowest BCUT2D eigenvalue weighted by atomic mass is 10.2. The van der Waals surface area contributed by atoms with Gasteiger partial charge in [-0.05, 0) is 51.2 Å². The molecule has 0 aromatic rings. The van der Waals surface area contributed by atoms with E-state index in [0.717, 1.165) is 64.6 Å². The van der Waals surface area contributed by atoms with Gasteiger partial charge in [0.15, 0.2) is 8.32 Å². The number of rotatable bonds is 19. The predicted molar refractivity (Wildman–Crippen MR) is 116 cm³/mol. The molecule has 0 saturated carbocycles. The molecule has 0 aliphatic carbocycles. The molecule has 158 valence electrons. The monoisotopic (exact) mass is 406 g/mol. The van der Waals surface area contributed by atoms with E-state index in [-0.39, 0.29) is 0 Å². The molecule has 0 radical (unpaired) electrons. The molecule has 4 nitrogen and oxygen atoms in total. The molecular weight excluding hydrogens is 360 g/mol. The second kappa shape index (κ2) is 16.2. The molecule has 26 heavy (non-hydrogen) atoms. The van der Waals surface area contributed by atoms with Gasteiger partial charge < -0.3 is 17.7 Å². The predicted octanol–water partition coefficient (Wildman–Crippen LogP) is 6.40. The fourth-order valence-electron chi connectivity index (χ4n) is 2.81. The van der Waals surface area contributed by atoms with Crippen LogP contribution in [0.1, 0.15) is 79.1 Å². The molecule has 0 aliphatic heterocycles. The number of hydrogen-bond donors (Lipinski definition) is 0. The van der Waals surface area contributed by atoms with Crippen LogP contribution in [0.2, 0.25) is 25.2 Å². The van der Waals surface area contributed by atoms with Gasteiger partial charge in [0.25, 0.3) is 0 Å². The zero-order valence-corrected chi connectivity index (χ0v) is 20.5. The molecular formula is C20H46O4Si2. The van der Waals surface area contributed by atoms with Gasteiger partial charge >= 0.3 is 8.80 Å². The van der Waals surface area contributed by atoms with Gasteiger partial charge in [-0.25, -0.2) is 0 Å². The van der Waals surface area contributed by atoms with Crippen molar-refractivity contribution in [2.24, 2.45) is 0 Å². The van der Waals surface area contributed by atoms with E-state index in [0.29, 0.717) is 0 Å². The summed E-state index contributed by atoms with van der Waals surface area (Å²) in [5.41, 5.74) is 0. The van der Waals surface area contributed by atoms with E-state index in [4.69, 9.17) is 17.7 Å². The van der Waals surface area contributed by atoms with E-state index >= 15 is 0 Å². The molecule has 0 atom stereocenters. The first-order valence-corrected chi connectivity index (χ1v) is 16.1. The zero-order chi connectivity index (χ0) is 19.7. The largest absolute Gasteiger partial charge is 0.500 e. The number of hydrogen-bond acceptors (Lipinski definition) is 4. The minimum atomic E-state index is -2.49. The molecule has 0 fully saturated rings. The Bertz CT molecular complexity index is 292. The molecule has 0 saturated heterocycles. The van der Waals surface area contributed by atoms with E-state index in [1.54, 1.807) is 0 Å². The van der Waals surface area contributed by atoms with Gasteiger partial charge in [-0.1, -0.05) is 47.0 Å². The molecule has 0 aromatic carbocycles. The summed E-state index contributed by atoms with van der Waals surface area (Å²) in [7, 11) is -3.93. The van der Waals surface area contributed by atoms with Crippen LogP contribution in [0.25, 0.3) is 0 Å². The molecule has 0 aromatic heterocycles. The van der Waals surface area contributed by atoms with Gasteiger partial charge in [0.2, 0.25) is 0 Å². The van der Waals surface area contributed by atoms with Gasteiger partial charge in [-0.15, -0.1) is 0 Å². The highest BCUT2D eigenvalue weighted by Gasteiger charge is 2.40. The minimum Gasteiger partial charge on any atom is -0.417 e. The summed E-state index contributed by atoms with van der Waals surface area (Å²) in [4.78, 5) is 0. The summed E-state index contributed by atoms with van der Waals surface area (Å²) in [6.07, 6.45) is 9.07. The van der Waals surface area contributed by atoms with Gasteiger partial charge in [0.05, 0.1) is 0 Å². The third kappa shape index (κ3) is 13.4. The summed E-state index contributed by atoms with van der Waals surface area (Å²) in [6, 6.07) is 2.22. The van der Waals surface area contributed by atoms with E-state index < -0.39 is 17.1 Å². The summed E-state index contributed by atoms with van der Waals surface area (Å²) < 4.78 is 24.6. The van der Waals surface area contributed by atoms with Crippen LogP contribution in [-0.4, -0.2) is 43.5 Å². The highest BCUT2D eigenvalue weighted by Crippen LogP contribution is 2.23. The van der Waals surface area contributed by atoms with Crippen molar-refractivity contribution < 1.29 is 17.7 Å². The Hall–Kier alpha value is 0.274. The Morgan fingerprint density at radius 2 is 0.885 bits per heavy atom. The molecule has 0 rings (SSSR count). The van der Waals surface area contributed by atoms with Crippen LogP contribution in [-0.2, 0) is 17.7 Å². The van der Waals surface area contributed by atoms with Crippen molar-refractivity contribution in [1.82, 2.24) is 0 Å². The lowest BCUT2D eigenvalue weighted by Gasteiger charge is -2.29. The van der Waals surface area contributed by atoms with Crippen molar-refractivity contribution in [3.05, 3.63) is 0 Å². The molecule has 0 spiro atoms. The Morgan fingerprint density at radius 1 is 0.500 bits per heavy atom. The van der Waals surface area contributed by atoms with Gasteiger partial charge in [-0.2, -0.15) is 0 Å². The zero-order valence-electron chi connectivity index (χ0n) is 18.5. The Morgan fingerprint density at radius 3 is 1.31 bits per heavy atom. The second-order valence-electron chi connectivity index (χ2n) is 7.75. The first-order chi connectivity index (χ1) is 12.4. The van der Waals surface area contributed by atoms with E-state index in [2.05, 4.69) is 40.8 Å². The molecule has 6 heteroatoms. The Kier molecular flexibility index (Phi) is 16.4. The average molecular weight is 407 g/mol. The van der Waals surface area contributed by atoms with Crippen molar-refractivity contribution in [3.63, 3.8) is 0 Å². The van der Waals surface area contributed by atoms with Crippen LogP contribution in [0.4, 0.5) is 0 Å². The fourth-order valence-corrected chi connectivity index (χ4v) is 7.72. The standard InChI is InChI=1S/C20H46O4Si2/c1-7-15-21-25(5,6)19-13-11-12-14-20-26(22-16-8-2,23-17-9-3)24-18-10-4/h7-20H2,1-6H3. The maximum atomic E-state index is 6.17. The van der Waals surface area contributed by atoms with E-state index in [1.807, 2.05) is 0 Å². The van der Waals surface area contributed by atoms with Crippen LogP contribution >= 0.6 is 0 Å². The molecule has 0 bridgehead atoms. The molecule has 0 N–H and O–H groups in total.